The summed E-state index contributed by atoms with van der Waals surface area (Å²) in [4.78, 5) is 46.6. The lowest BCUT2D eigenvalue weighted by Crippen LogP contribution is -2.33. The highest BCUT2D eigenvalue weighted by Crippen LogP contribution is 2.42. The third-order valence-corrected chi connectivity index (χ3v) is 7.81. The molecule has 0 saturated heterocycles. The van der Waals surface area contributed by atoms with Crippen molar-refractivity contribution >= 4 is 28.8 Å². The highest BCUT2D eigenvalue weighted by Gasteiger charge is 2.29. The smallest absolute Gasteiger partial charge is 0.276 e. The second-order valence-electron chi connectivity index (χ2n) is 9.21. The third kappa shape index (κ3) is 4.13. The summed E-state index contributed by atoms with van der Waals surface area (Å²) in [5.41, 5.74) is 4.25. The minimum absolute atomic E-state index is 0.0160. The zero-order chi connectivity index (χ0) is 24.8. The Morgan fingerprint density at radius 2 is 1.89 bits per heavy atom. The number of amides is 2. The van der Waals surface area contributed by atoms with Gasteiger partial charge >= 0.3 is 0 Å². The van der Waals surface area contributed by atoms with Crippen LogP contribution in [-0.2, 0) is 13.5 Å². The fourth-order valence-electron chi connectivity index (χ4n) is 4.46. The first-order valence-electron chi connectivity index (χ1n) is 12.0. The van der Waals surface area contributed by atoms with Gasteiger partial charge in [-0.2, -0.15) is 0 Å². The molecule has 0 atom stereocenters. The molecular formula is C28H24N4O3S. The second kappa shape index (κ2) is 8.87. The number of fused-ring (bicyclic) bond motifs is 3. The summed E-state index contributed by atoms with van der Waals surface area (Å²) >= 11 is 1.48. The maximum absolute atomic E-state index is 13.7. The largest absolute Gasteiger partial charge is 0.349 e. The van der Waals surface area contributed by atoms with Crippen LogP contribution >= 0.6 is 11.3 Å². The van der Waals surface area contributed by atoms with Crippen LogP contribution in [0.15, 0.2) is 71.7 Å². The lowest BCUT2D eigenvalue weighted by atomic mass is 10.1. The van der Waals surface area contributed by atoms with E-state index in [1.54, 1.807) is 36.3 Å². The van der Waals surface area contributed by atoms with Gasteiger partial charge in [0.1, 0.15) is 5.69 Å². The highest BCUT2D eigenvalue weighted by molar-refractivity contribution is 7.17. The maximum Gasteiger partial charge on any atom is 0.276 e. The highest BCUT2D eigenvalue weighted by atomic mass is 32.1. The molecule has 180 valence electrons. The predicted octanol–water partition coefficient (Wildman–Crippen LogP) is 4.27. The number of aromatic nitrogens is 2. The van der Waals surface area contributed by atoms with E-state index in [1.807, 2.05) is 36.4 Å². The van der Waals surface area contributed by atoms with Gasteiger partial charge in [-0.15, -0.1) is 11.3 Å². The molecule has 1 aliphatic heterocycles. The molecule has 1 N–H and O–H groups in total. The Morgan fingerprint density at radius 3 is 2.69 bits per heavy atom. The van der Waals surface area contributed by atoms with Crippen molar-refractivity contribution < 1.29 is 9.59 Å². The Kier molecular flexibility index (Phi) is 5.53. The lowest BCUT2D eigenvalue weighted by molar-refractivity contribution is 0.0952. The van der Waals surface area contributed by atoms with E-state index in [0.717, 1.165) is 34.5 Å². The van der Waals surface area contributed by atoms with Crippen molar-refractivity contribution in [2.75, 3.05) is 11.4 Å². The Labute approximate surface area is 212 Å². The van der Waals surface area contributed by atoms with Gasteiger partial charge in [0.15, 0.2) is 0 Å². The minimum atomic E-state index is -0.199. The number of carbonyl (C=O) groups is 2. The number of pyridine rings is 2. The summed E-state index contributed by atoms with van der Waals surface area (Å²) in [6.45, 7) is 0.473. The molecule has 1 aromatic carbocycles. The summed E-state index contributed by atoms with van der Waals surface area (Å²) in [6.07, 6.45) is 4.42. The first-order chi connectivity index (χ1) is 17.5. The number of carbonyl (C=O) groups excluding carboxylic acids is 2. The van der Waals surface area contributed by atoms with Gasteiger partial charge in [-0.1, -0.05) is 24.3 Å². The van der Waals surface area contributed by atoms with Crippen LogP contribution in [0.2, 0.25) is 0 Å². The molecule has 6 rings (SSSR count). The number of nitrogens with zero attached hydrogens (tertiary/aromatic N) is 3. The van der Waals surface area contributed by atoms with Gasteiger partial charge in [-0.3, -0.25) is 14.4 Å². The fraction of sp³-hybridized carbons (Fsp3) is 0.214. The van der Waals surface area contributed by atoms with E-state index in [-0.39, 0.29) is 17.4 Å². The molecule has 2 aliphatic rings. The molecule has 3 aromatic heterocycles. The van der Waals surface area contributed by atoms with Crippen molar-refractivity contribution in [1.82, 2.24) is 14.9 Å². The van der Waals surface area contributed by atoms with Gasteiger partial charge in [0, 0.05) is 47.9 Å². The average molecular weight is 497 g/mol. The molecule has 36 heavy (non-hydrogen) atoms. The van der Waals surface area contributed by atoms with Crippen LogP contribution in [0.5, 0.6) is 0 Å². The molecule has 4 aromatic rings. The Morgan fingerprint density at radius 1 is 1.06 bits per heavy atom. The van der Waals surface area contributed by atoms with Gasteiger partial charge in [-0.25, -0.2) is 4.98 Å². The molecule has 0 spiro atoms. The summed E-state index contributed by atoms with van der Waals surface area (Å²) < 4.78 is 1.49. The fourth-order valence-corrected chi connectivity index (χ4v) is 5.61. The summed E-state index contributed by atoms with van der Waals surface area (Å²) in [5, 5.41) is 3.07. The summed E-state index contributed by atoms with van der Waals surface area (Å²) in [6, 6.07) is 18.7. The molecule has 1 saturated carbocycles. The topological polar surface area (TPSA) is 84.3 Å². The zero-order valence-corrected chi connectivity index (χ0v) is 20.5. The molecule has 8 heteroatoms. The van der Waals surface area contributed by atoms with Gasteiger partial charge in [0.2, 0.25) is 0 Å². The van der Waals surface area contributed by atoms with Crippen molar-refractivity contribution in [3.63, 3.8) is 0 Å². The molecule has 0 unspecified atom stereocenters. The summed E-state index contributed by atoms with van der Waals surface area (Å²) in [7, 11) is 1.69. The number of hydrogen-bond donors (Lipinski definition) is 1. The molecular weight excluding hydrogens is 472 g/mol. The normalized spacial score (nSPS) is 14.5. The molecule has 0 radical (unpaired) electrons. The SMILES string of the molecule is Cn1ccc(-c2cccc(C(=O)N3CCc4cc(C(=O)NC5CC5)sc4-c4ccccc43)n2)cc1=O. The number of thiophene rings is 1. The van der Waals surface area contributed by atoms with Crippen molar-refractivity contribution in [3.8, 4) is 21.7 Å². The van der Waals surface area contributed by atoms with Crippen LogP contribution in [0, 0.1) is 0 Å². The Bertz CT molecular complexity index is 1570. The first-order valence-corrected chi connectivity index (χ1v) is 12.8. The third-order valence-electron chi connectivity index (χ3n) is 6.60. The van der Waals surface area contributed by atoms with E-state index in [9.17, 15) is 14.4 Å². The summed E-state index contributed by atoms with van der Waals surface area (Å²) in [5.74, 6) is -0.215. The van der Waals surface area contributed by atoms with Gasteiger partial charge in [-0.05, 0) is 55.2 Å². The Hall–Kier alpha value is -4.04. The van der Waals surface area contributed by atoms with Gasteiger partial charge in [0.25, 0.3) is 17.4 Å². The monoisotopic (exact) mass is 496 g/mol. The van der Waals surface area contributed by atoms with E-state index in [1.165, 1.54) is 22.0 Å². The molecule has 2 amide bonds. The van der Waals surface area contributed by atoms with E-state index in [2.05, 4.69) is 10.3 Å². The van der Waals surface area contributed by atoms with E-state index in [0.29, 0.717) is 40.8 Å². The molecule has 1 aliphatic carbocycles. The molecule has 0 bridgehead atoms. The van der Waals surface area contributed by atoms with Crippen molar-refractivity contribution in [1.29, 1.82) is 0 Å². The molecule has 1 fully saturated rings. The van der Waals surface area contributed by atoms with Crippen LogP contribution in [-0.4, -0.2) is 34.0 Å². The van der Waals surface area contributed by atoms with Crippen molar-refractivity contribution in [3.05, 3.63) is 93.3 Å². The quantitative estimate of drug-likeness (QED) is 0.457. The molecule has 4 heterocycles. The standard InChI is InChI=1S/C28H24N4O3S/c1-31-13-11-17(16-25(31)33)21-6-4-7-22(30-21)28(35)32-14-12-18-15-24(27(34)29-19-9-10-19)36-26(18)20-5-2-3-8-23(20)32/h2-8,11,13,15-16,19H,9-10,12,14H2,1H3,(H,29,34). The average Bonchev–Trinajstić information content (AvgIpc) is 3.64. The van der Waals surface area contributed by atoms with Crippen LogP contribution in [0.1, 0.15) is 38.6 Å². The predicted molar refractivity (Wildman–Crippen MR) is 141 cm³/mol. The van der Waals surface area contributed by atoms with Crippen molar-refractivity contribution in [2.45, 2.75) is 25.3 Å². The number of benzene rings is 1. The van der Waals surface area contributed by atoms with Crippen LogP contribution in [0.4, 0.5) is 5.69 Å². The Balaban J connectivity index is 1.34. The van der Waals surface area contributed by atoms with Gasteiger partial charge in [0.05, 0.1) is 16.3 Å². The second-order valence-corrected chi connectivity index (χ2v) is 10.3. The molecule has 7 nitrogen and oxygen atoms in total. The number of rotatable bonds is 4. The van der Waals surface area contributed by atoms with E-state index < -0.39 is 0 Å². The van der Waals surface area contributed by atoms with Crippen LogP contribution in [0.25, 0.3) is 21.7 Å². The van der Waals surface area contributed by atoms with Crippen molar-refractivity contribution in [2.24, 2.45) is 7.05 Å². The zero-order valence-electron chi connectivity index (χ0n) is 19.7. The van der Waals surface area contributed by atoms with E-state index in [4.69, 9.17) is 0 Å². The minimum Gasteiger partial charge on any atom is -0.349 e. The maximum atomic E-state index is 13.7. The number of hydrogen-bond acceptors (Lipinski definition) is 5. The van der Waals surface area contributed by atoms with Crippen LogP contribution < -0.4 is 15.8 Å². The van der Waals surface area contributed by atoms with Crippen LogP contribution in [0.3, 0.4) is 0 Å². The lowest BCUT2D eigenvalue weighted by Gasteiger charge is -2.23. The van der Waals surface area contributed by atoms with Gasteiger partial charge < -0.3 is 14.8 Å². The number of aryl methyl sites for hydroxylation is 1. The number of anilines is 1. The number of para-hydroxylation sites is 1. The van der Waals surface area contributed by atoms with E-state index >= 15 is 0 Å². The number of nitrogens with one attached hydrogen (secondary N) is 1. The first kappa shape index (κ1) is 22.4.